The Bertz CT molecular complexity index is 754. The molecule has 0 spiro atoms. The minimum absolute atomic E-state index is 0.268. The number of benzene rings is 2. The lowest BCUT2D eigenvalue weighted by atomic mass is 10.3. The zero-order chi connectivity index (χ0) is 17.7. The fourth-order valence-electron chi connectivity index (χ4n) is 1.68. The van der Waals surface area contributed by atoms with Gasteiger partial charge in [0.25, 0.3) is 0 Å². The molecule has 0 saturated carbocycles. The second-order valence-electron chi connectivity index (χ2n) is 4.56. The summed E-state index contributed by atoms with van der Waals surface area (Å²) in [4.78, 5) is 23.1. The predicted molar refractivity (Wildman–Crippen MR) is 79.1 cm³/mol. The zero-order valence-corrected chi connectivity index (χ0v) is 11.9. The van der Waals surface area contributed by atoms with Crippen molar-refractivity contribution in [3.63, 3.8) is 0 Å². The summed E-state index contributed by atoms with van der Waals surface area (Å²) < 4.78 is 52.1. The molecule has 2 aromatic rings. The molecule has 0 fully saturated rings. The second kappa shape index (κ2) is 7.40. The van der Waals surface area contributed by atoms with Gasteiger partial charge in [-0.2, -0.15) is 0 Å². The predicted octanol–water partition coefficient (Wildman–Crippen LogP) is 3.38. The number of anilines is 2. The number of rotatable bonds is 4. The lowest BCUT2D eigenvalue weighted by molar-refractivity contribution is -0.114. The van der Waals surface area contributed by atoms with Crippen molar-refractivity contribution in [2.24, 2.45) is 0 Å². The Morgan fingerprint density at radius 1 is 0.708 bits per heavy atom. The van der Waals surface area contributed by atoms with E-state index in [2.05, 4.69) is 10.6 Å². The molecule has 0 radical (unpaired) electrons. The maximum absolute atomic E-state index is 13.3. The van der Waals surface area contributed by atoms with Crippen LogP contribution >= 0.6 is 0 Å². The molecule has 2 N–H and O–H groups in total. The third-order valence-electron chi connectivity index (χ3n) is 2.76. The fourth-order valence-corrected chi connectivity index (χ4v) is 1.68. The summed E-state index contributed by atoms with van der Waals surface area (Å²) >= 11 is 0. The van der Waals surface area contributed by atoms with Gasteiger partial charge < -0.3 is 10.6 Å². The third kappa shape index (κ3) is 4.67. The van der Waals surface area contributed by atoms with Gasteiger partial charge in [-0.3, -0.25) is 9.59 Å². The Labute approximate surface area is 133 Å². The molecular formula is C16H10F4N2O2. The molecular weight excluding hydrogens is 328 g/mol. The van der Waals surface area contributed by atoms with E-state index in [4.69, 9.17) is 0 Å². The third-order valence-corrected chi connectivity index (χ3v) is 2.76. The molecule has 0 unspecified atom stereocenters. The standard InChI is InChI=1S/C16H10F4N2O2/c17-9-1-3-13(11(19)7-9)21-15(23)5-6-16(24)22-14-4-2-10(18)8-12(14)20/h1-8H,(H,21,23)(H,22,24)/b6-5-. The first-order valence-electron chi connectivity index (χ1n) is 6.55. The Hall–Kier alpha value is -3.16. The Kier molecular flexibility index (Phi) is 5.31. The molecule has 0 aliphatic carbocycles. The molecule has 8 heteroatoms. The smallest absolute Gasteiger partial charge is 0.248 e. The Morgan fingerprint density at radius 2 is 1.08 bits per heavy atom. The molecule has 24 heavy (non-hydrogen) atoms. The summed E-state index contributed by atoms with van der Waals surface area (Å²) in [6.45, 7) is 0. The highest BCUT2D eigenvalue weighted by Gasteiger charge is 2.08. The van der Waals surface area contributed by atoms with Crippen LogP contribution in [0.3, 0.4) is 0 Å². The molecule has 2 rings (SSSR count). The van der Waals surface area contributed by atoms with Gasteiger partial charge in [0.15, 0.2) is 0 Å². The van der Waals surface area contributed by atoms with E-state index >= 15 is 0 Å². The van der Waals surface area contributed by atoms with E-state index in [0.29, 0.717) is 12.1 Å². The van der Waals surface area contributed by atoms with E-state index in [1.54, 1.807) is 0 Å². The van der Waals surface area contributed by atoms with Crippen molar-refractivity contribution in [3.8, 4) is 0 Å². The van der Waals surface area contributed by atoms with Gasteiger partial charge in [-0.1, -0.05) is 0 Å². The first-order valence-corrected chi connectivity index (χ1v) is 6.55. The Morgan fingerprint density at radius 3 is 1.42 bits per heavy atom. The van der Waals surface area contributed by atoms with Gasteiger partial charge in [-0.05, 0) is 24.3 Å². The van der Waals surface area contributed by atoms with Crippen molar-refractivity contribution >= 4 is 23.2 Å². The summed E-state index contributed by atoms with van der Waals surface area (Å²) in [6, 6.07) is 5.11. The average molecular weight is 338 g/mol. The molecule has 0 heterocycles. The molecule has 0 atom stereocenters. The topological polar surface area (TPSA) is 58.2 Å². The Balaban J connectivity index is 1.96. The van der Waals surface area contributed by atoms with Crippen LogP contribution in [-0.2, 0) is 9.59 Å². The van der Waals surface area contributed by atoms with Crippen molar-refractivity contribution in [2.75, 3.05) is 10.6 Å². The number of carbonyl (C=O) groups excluding carboxylic acids is 2. The number of hydrogen-bond acceptors (Lipinski definition) is 2. The number of amides is 2. The van der Waals surface area contributed by atoms with Crippen LogP contribution in [0.5, 0.6) is 0 Å². The van der Waals surface area contributed by atoms with Crippen molar-refractivity contribution in [3.05, 3.63) is 71.8 Å². The van der Waals surface area contributed by atoms with Crippen LogP contribution in [0.25, 0.3) is 0 Å². The maximum Gasteiger partial charge on any atom is 0.248 e. The van der Waals surface area contributed by atoms with Gasteiger partial charge in [-0.15, -0.1) is 0 Å². The summed E-state index contributed by atoms with van der Waals surface area (Å²) in [6.07, 6.45) is 1.55. The largest absolute Gasteiger partial charge is 0.320 e. The minimum Gasteiger partial charge on any atom is -0.320 e. The molecule has 0 aromatic heterocycles. The lowest BCUT2D eigenvalue weighted by Crippen LogP contribution is -2.13. The summed E-state index contributed by atoms with van der Waals surface area (Å²) in [7, 11) is 0. The molecule has 0 aliphatic rings. The van der Waals surface area contributed by atoms with Crippen LogP contribution in [0, 0.1) is 23.3 Å². The average Bonchev–Trinajstić information content (AvgIpc) is 2.51. The van der Waals surface area contributed by atoms with Crippen LogP contribution in [-0.4, -0.2) is 11.8 Å². The van der Waals surface area contributed by atoms with Crippen LogP contribution < -0.4 is 10.6 Å². The number of halogens is 4. The number of hydrogen-bond donors (Lipinski definition) is 2. The van der Waals surface area contributed by atoms with Gasteiger partial charge in [0.2, 0.25) is 11.8 Å². The van der Waals surface area contributed by atoms with Crippen molar-refractivity contribution < 1.29 is 27.2 Å². The van der Waals surface area contributed by atoms with E-state index in [9.17, 15) is 27.2 Å². The van der Waals surface area contributed by atoms with Gasteiger partial charge in [0.1, 0.15) is 23.3 Å². The van der Waals surface area contributed by atoms with Crippen LogP contribution in [0.2, 0.25) is 0 Å². The molecule has 0 bridgehead atoms. The molecule has 0 saturated heterocycles. The van der Waals surface area contributed by atoms with Crippen molar-refractivity contribution in [1.82, 2.24) is 0 Å². The summed E-state index contributed by atoms with van der Waals surface area (Å²) in [5.74, 6) is -5.27. The van der Waals surface area contributed by atoms with Crippen molar-refractivity contribution in [2.45, 2.75) is 0 Å². The van der Waals surface area contributed by atoms with E-state index in [1.807, 2.05) is 0 Å². The van der Waals surface area contributed by atoms with Crippen LogP contribution in [0.1, 0.15) is 0 Å². The van der Waals surface area contributed by atoms with Crippen molar-refractivity contribution in [1.29, 1.82) is 0 Å². The first kappa shape index (κ1) is 17.2. The maximum atomic E-state index is 13.3. The highest BCUT2D eigenvalue weighted by molar-refractivity contribution is 6.06. The fraction of sp³-hybridized carbons (Fsp3) is 0. The summed E-state index contributed by atoms with van der Waals surface area (Å²) in [5.41, 5.74) is -0.535. The molecule has 4 nitrogen and oxygen atoms in total. The van der Waals surface area contributed by atoms with Gasteiger partial charge in [-0.25, -0.2) is 17.6 Å². The van der Waals surface area contributed by atoms with E-state index in [1.165, 1.54) is 0 Å². The van der Waals surface area contributed by atoms with E-state index in [-0.39, 0.29) is 11.4 Å². The zero-order valence-electron chi connectivity index (χ0n) is 11.9. The molecule has 124 valence electrons. The highest BCUT2D eigenvalue weighted by Crippen LogP contribution is 2.16. The minimum atomic E-state index is -0.977. The molecule has 0 aliphatic heterocycles. The number of nitrogens with one attached hydrogen (secondary N) is 2. The number of carbonyl (C=O) groups is 2. The van der Waals surface area contributed by atoms with Crippen LogP contribution in [0.15, 0.2) is 48.6 Å². The first-order chi connectivity index (χ1) is 11.3. The molecule has 2 amide bonds. The van der Waals surface area contributed by atoms with Crippen LogP contribution in [0.4, 0.5) is 28.9 Å². The van der Waals surface area contributed by atoms with Gasteiger partial charge >= 0.3 is 0 Å². The SMILES string of the molecule is O=C(/C=C\C(=O)Nc1ccc(F)cc1F)Nc1ccc(F)cc1F. The normalized spacial score (nSPS) is 10.7. The summed E-state index contributed by atoms with van der Waals surface area (Å²) in [5, 5.41) is 4.21. The monoisotopic (exact) mass is 338 g/mol. The van der Waals surface area contributed by atoms with Gasteiger partial charge in [0, 0.05) is 24.3 Å². The lowest BCUT2D eigenvalue weighted by Gasteiger charge is -2.04. The quantitative estimate of drug-likeness (QED) is 0.663. The van der Waals surface area contributed by atoms with Gasteiger partial charge in [0.05, 0.1) is 11.4 Å². The highest BCUT2D eigenvalue weighted by atomic mass is 19.1. The van der Waals surface area contributed by atoms with E-state index in [0.717, 1.165) is 36.4 Å². The molecule has 2 aromatic carbocycles. The van der Waals surface area contributed by atoms with E-state index < -0.39 is 35.1 Å². The second-order valence-corrected chi connectivity index (χ2v) is 4.56.